The fourth-order valence-electron chi connectivity index (χ4n) is 4.16. The number of aromatic nitrogens is 4. The summed E-state index contributed by atoms with van der Waals surface area (Å²) in [6.45, 7) is 2.08. The molecule has 0 atom stereocenters. The summed E-state index contributed by atoms with van der Waals surface area (Å²) in [6, 6.07) is 21.4. The Kier molecular flexibility index (Phi) is 5.22. The lowest BCUT2D eigenvalue weighted by Crippen LogP contribution is -2.22. The van der Waals surface area contributed by atoms with Crippen LogP contribution in [-0.2, 0) is 13.5 Å². The van der Waals surface area contributed by atoms with Gasteiger partial charge in [-0.15, -0.1) is 0 Å². The highest BCUT2D eigenvalue weighted by Gasteiger charge is 2.14. The Morgan fingerprint density at radius 3 is 2.18 bits per heavy atom. The van der Waals surface area contributed by atoms with E-state index in [2.05, 4.69) is 17.1 Å². The Labute approximate surface area is 189 Å². The molecule has 0 radical (unpaired) electrons. The van der Waals surface area contributed by atoms with Crippen molar-refractivity contribution in [2.24, 2.45) is 7.05 Å². The van der Waals surface area contributed by atoms with Crippen molar-refractivity contribution in [3.8, 4) is 33.6 Å². The second-order valence-electron chi connectivity index (χ2n) is 7.90. The minimum absolute atomic E-state index is 0.0385. The molecule has 3 aromatic carbocycles. The Balaban J connectivity index is 1.60. The lowest BCUT2D eigenvalue weighted by Gasteiger charge is -2.12. The van der Waals surface area contributed by atoms with Gasteiger partial charge in [-0.25, -0.2) is 9.78 Å². The smallest absolute Gasteiger partial charge is 0.321 e. The largest absolute Gasteiger partial charge is 0.460 e. The zero-order valence-electron chi connectivity index (χ0n) is 18.3. The molecular formula is C26H22N4O3. The lowest BCUT2D eigenvalue weighted by atomic mass is 9.95. The summed E-state index contributed by atoms with van der Waals surface area (Å²) in [4.78, 5) is 33.2. The molecule has 2 heterocycles. The zero-order chi connectivity index (χ0) is 22.9. The van der Waals surface area contributed by atoms with Crippen LogP contribution in [0, 0.1) is 0 Å². The number of nitrogens with zero attached hydrogens (tertiary/aromatic N) is 3. The van der Waals surface area contributed by atoms with Crippen LogP contribution in [0.5, 0.6) is 0 Å². The Morgan fingerprint density at radius 1 is 0.848 bits per heavy atom. The van der Waals surface area contributed by atoms with Gasteiger partial charge in [-0.2, -0.15) is 10.1 Å². The molecule has 7 nitrogen and oxygen atoms in total. The molecule has 0 aliphatic carbocycles. The van der Waals surface area contributed by atoms with Crippen LogP contribution in [0.25, 0.3) is 44.5 Å². The molecule has 5 rings (SSSR count). The molecule has 5 aromatic rings. The highest BCUT2D eigenvalue weighted by atomic mass is 16.5. The number of aryl methyl sites for hydroxylation is 1. The van der Waals surface area contributed by atoms with Crippen molar-refractivity contribution < 1.29 is 4.52 Å². The summed E-state index contributed by atoms with van der Waals surface area (Å²) >= 11 is 0. The molecule has 0 saturated carbocycles. The normalized spacial score (nSPS) is 11.2. The third-order valence-electron chi connectivity index (χ3n) is 5.80. The molecule has 0 amide bonds. The first-order valence-corrected chi connectivity index (χ1v) is 10.8. The number of fused-ring (bicyclic) bond motifs is 1. The second kappa shape index (κ2) is 8.35. The fraction of sp³-hybridized carbons (Fsp3) is 0.154. The number of H-pyrrole nitrogens is 1. The van der Waals surface area contributed by atoms with Crippen molar-refractivity contribution in [2.45, 2.75) is 19.8 Å². The van der Waals surface area contributed by atoms with Crippen LogP contribution in [0.3, 0.4) is 0 Å². The summed E-state index contributed by atoms with van der Waals surface area (Å²) in [5.74, 6) is 0.513. The minimum Gasteiger partial charge on any atom is -0.321 e. The van der Waals surface area contributed by atoms with Crippen molar-refractivity contribution in [1.29, 1.82) is 0 Å². The van der Waals surface area contributed by atoms with E-state index < -0.39 is 5.76 Å². The van der Waals surface area contributed by atoms with Gasteiger partial charge in [0.05, 0.1) is 10.9 Å². The molecule has 164 valence electrons. The number of hydrogen-bond donors (Lipinski definition) is 1. The first-order chi connectivity index (χ1) is 16.1. The summed E-state index contributed by atoms with van der Waals surface area (Å²) in [5, 5.41) is 3.19. The number of nitrogens with one attached hydrogen (secondary N) is 1. The summed E-state index contributed by atoms with van der Waals surface area (Å²) in [6.07, 6.45) is 1.69. The molecule has 7 heteroatoms. The van der Waals surface area contributed by atoms with Crippen LogP contribution >= 0.6 is 0 Å². The first-order valence-electron chi connectivity index (χ1n) is 10.8. The molecule has 0 fully saturated rings. The Bertz CT molecular complexity index is 1580. The maximum absolute atomic E-state index is 13.2. The summed E-state index contributed by atoms with van der Waals surface area (Å²) in [5.41, 5.74) is 5.08. The second-order valence-corrected chi connectivity index (χ2v) is 7.90. The average Bonchev–Trinajstić information content (AvgIpc) is 3.28. The Morgan fingerprint density at radius 2 is 1.52 bits per heavy atom. The van der Waals surface area contributed by atoms with Gasteiger partial charge in [0.1, 0.15) is 5.82 Å². The van der Waals surface area contributed by atoms with Crippen molar-refractivity contribution >= 4 is 10.9 Å². The molecule has 0 aliphatic heterocycles. The van der Waals surface area contributed by atoms with Crippen LogP contribution in [0.15, 0.2) is 80.8 Å². The quantitative estimate of drug-likeness (QED) is 0.434. The van der Waals surface area contributed by atoms with Crippen LogP contribution in [-0.4, -0.2) is 19.7 Å². The monoisotopic (exact) mass is 438 g/mol. The van der Waals surface area contributed by atoms with E-state index in [1.807, 2.05) is 66.7 Å². The molecule has 2 aromatic heterocycles. The molecule has 0 saturated heterocycles. The van der Waals surface area contributed by atoms with Gasteiger partial charge in [0, 0.05) is 19.0 Å². The molecular weight excluding hydrogens is 416 g/mol. The van der Waals surface area contributed by atoms with E-state index >= 15 is 0 Å². The standard InChI is InChI=1S/C26H22N4O3/c1-3-7-22-27-21-11-6-10-19(23(21)25(31)30(22)2)17-14-12-16(13-15-17)18-8-4-5-9-20(18)24-28-26(32)33-29-24/h4-6,8-15H,3,7H2,1-2H3,(H,28,29,32). The summed E-state index contributed by atoms with van der Waals surface area (Å²) in [7, 11) is 1.78. The van der Waals surface area contributed by atoms with Crippen molar-refractivity contribution in [3.63, 3.8) is 0 Å². The van der Waals surface area contributed by atoms with E-state index in [1.165, 1.54) is 0 Å². The van der Waals surface area contributed by atoms with Gasteiger partial charge < -0.3 is 4.52 Å². The van der Waals surface area contributed by atoms with E-state index in [9.17, 15) is 9.59 Å². The average molecular weight is 438 g/mol. The van der Waals surface area contributed by atoms with Crippen LogP contribution in [0.4, 0.5) is 0 Å². The maximum atomic E-state index is 13.2. The predicted octanol–water partition coefficient (Wildman–Crippen LogP) is 4.56. The molecule has 0 unspecified atom stereocenters. The molecule has 0 bridgehead atoms. The van der Waals surface area contributed by atoms with Gasteiger partial charge in [0.2, 0.25) is 0 Å². The zero-order valence-corrected chi connectivity index (χ0v) is 18.3. The van der Waals surface area contributed by atoms with Gasteiger partial charge >= 0.3 is 5.76 Å². The molecule has 0 aliphatic rings. The van der Waals surface area contributed by atoms with Crippen molar-refractivity contribution in [1.82, 2.24) is 19.7 Å². The van der Waals surface area contributed by atoms with E-state index in [-0.39, 0.29) is 5.56 Å². The third-order valence-corrected chi connectivity index (χ3v) is 5.80. The van der Waals surface area contributed by atoms with Crippen LogP contribution in [0.1, 0.15) is 19.2 Å². The number of rotatable bonds is 5. The first kappa shape index (κ1) is 20.6. The van der Waals surface area contributed by atoms with Gasteiger partial charge in [0.15, 0.2) is 5.82 Å². The molecule has 1 N–H and O–H groups in total. The summed E-state index contributed by atoms with van der Waals surface area (Å²) < 4.78 is 6.39. The molecule has 0 spiro atoms. The van der Waals surface area contributed by atoms with Crippen LogP contribution in [0.2, 0.25) is 0 Å². The van der Waals surface area contributed by atoms with E-state index in [0.29, 0.717) is 16.7 Å². The highest BCUT2D eigenvalue weighted by molar-refractivity contribution is 5.94. The lowest BCUT2D eigenvalue weighted by molar-refractivity contribution is 0.388. The molecule has 33 heavy (non-hydrogen) atoms. The highest BCUT2D eigenvalue weighted by Crippen LogP contribution is 2.32. The van der Waals surface area contributed by atoms with Gasteiger partial charge in [-0.3, -0.25) is 9.36 Å². The van der Waals surface area contributed by atoms with Gasteiger partial charge in [-0.1, -0.05) is 67.6 Å². The van der Waals surface area contributed by atoms with Crippen molar-refractivity contribution in [3.05, 3.63) is 93.5 Å². The number of aromatic amines is 1. The van der Waals surface area contributed by atoms with E-state index in [0.717, 1.165) is 46.5 Å². The number of hydrogen-bond acceptors (Lipinski definition) is 5. The predicted molar refractivity (Wildman–Crippen MR) is 128 cm³/mol. The van der Waals surface area contributed by atoms with E-state index in [1.54, 1.807) is 11.6 Å². The van der Waals surface area contributed by atoms with Gasteiger partial charge in [0.25, 0.3) is 5.56 Å². The number of benzene rings is 3. The van der Waals surface area contributed by atoms with Crippen molar-refractivity contribution in [2.75, 3.05) is 0 Å². The van der Waals surface area contributed by atoms with E-state index in [4.69, 9.17) is 9.51 Å². The Hall–Kier alpha value is -4.26. The van der Waals surface area contributed by atoms with Gasteiger partial charge in [-0.05, 0) is 34.7 Å². The maximum Gasteiger partial charge on any atom is 0.460 e. The third kappa shape index (κ3) is 3.67. The topological polar surface area (TPSA) is 93.8 Å². The fourth-order valence-corrected chi connectivity index (χ4v) is 4.16. The van der Waals surface area contributed by atoms with Crippen LogP contribution < -0.4 is 11.3 Å². The minimum atomic E-state index is -0.664. The SMILES string of the molecule is CCCc1nc2cccc(-c3ccc(-c4ccccc4-c4nc(=O)o[nH]4)cc3)c2c(=O)n1C.